The molecule has 0 aromatic heterocycles. The molecule has 0 radical (unpaired) electrons. The van der Waals surface area contributed by atoms with E-state index in [1.54, 1.807) is 12.1 Å². The van der Waals surface area contributed by atoms with Crippen LogP contribution in [0.4, 0.5) is 10.1 Å². The molecule has 5 heteroatoms. The monoisotopic (exact) mass is 274 g/mol. The van der Waals surface area contributed by atoms with Crippen molar-refractivity contribution in [2.75, 3.05) is 18.4 Å². The lowest BCUT2D eigenvalue weighted by Gasteiger charge is -2.09. The van der Waals surface area contributed by atoms with Gasteiger partial charge in [0.1, 0.15) is 5.82 Å². The summed E-state index contributed by atoms with van der Waals surface area (Å²) in [7, 11) is 0. The summed E-state index contributed by atoms with van der Waals surface area (Å²) < 4.78 is 13.9. The molecule has 0 atom stereocenters. The van der Waals surface area contributed by atoms with Crippen molar-refractivity contribution in [1.29, 1.82) is 0 Å². The molecule has 0 heterocycles. The van der Waals surface area contributed by atoms with Crippen LogP contribution in [-0.2, 0) is 4.79 Å². The summed E-state index contributed by atoms with van der Waals surface area (Å²) in [4.78, 5) is 11.1. The van der Waals surface area contributed by atoms with E-state index in [0.717, 1.165) is 0 Å². The second kappa shape index (κ2) is 5.70. The van der Waals surface area contributed by atoms with Gasteiger partial charge in [-0.15, -0.1) is 0 Å². The van der Waals surface area contributed by atoms with Crippen LogP contribution in [0, 0.1) is 5.82 Å². The van der Waals surface area contributed by atoms with E-state index < -0.39 is 0 Å². The minimum Gasteiger partial charge on any atom is -0.373 e. The molecule has 1 rings (SSSR count). The standard InChI is InChI=1S/C10H12BrFN2O/c1-2-13-9(15)6-14-10-7(11)4-3-5-8(10)12/h3-5,14H,2,6H2,1H3,(H,13,15). The van der Waals surface area contributed by atoms with Crippen molar-refractivity contribution >= 4 is 27.5 Å². The number of benzene rings is 1. The third kappa shape index (κ3) is 3.51. The van der Waals surface area contributed by atoms with Crippen LogP contribution in [0.5, 0.6) is 0 Å². The second-order valence-corrected chi connectivity index (χ2v) is 3.76. The third-order valence-electron chi connectivity index (χ3n) is 1.76. The van der Waals surface area contributed by atoms with Gasteiger partial charge in [0, 0.05) is 11.0 Å². The van der Waals surface area contributed by atoms with Crippen molar-refractivity contribution in [1.82, 2.24) is 5.32 Å². The Bertz CT molecular complexity index is 337. The third-order valence-corrected chi connectivity index (χ3v) is 2.42. The predicted octanol–water partition coefficient (Wildman–Crippen LogP) is 2.14. The summed E-state index contributed by atoms with van der Waals surface area (Å²) >= 11 is 3.20. The normalized spacial score (nSPS) is 9.80. The first kappa shape index (κ1) is 12.0. The Morgan fingerprint density at radius 2 is 2.27 bits per heavy atom. The molecule has 1 aromatic rings. The maximum atomic E-state index is 13.3. The van der Waals surface area contributed by atoms with Gasteiger partial charge in [0.2, 0.25) is 5.91 Å². The maximum absolute atomic E-state index is 13.3. The van der Waals surface area contributed by atoms with E-state index >= 15 is 0 Å². The molecule has 0 spiro atoms. The quantitative estimate of drug-likeness (QED) is 0.883. The van der Waals surface area contributed by atoms with Gasteiger partial charge in [-0.2, -0.15) is 0 Å². The number of halogens is 2. The number of rotatable bonds is 4. The molecular weight excluding hydrogens is 263 g/mol. The number of nitrogens with one attached hydrogen (secondary N) is 2. The van der Waals surface area contributed by atoms with Crippen molar-refractivity contribution in [3.05, 3.63) is 28.5 Å². The largest absolute Gasteiger partial charge is 0.373 e. The second-order valence-electron chi connectivity index (χ2n) is 2.90. The van der Waals surface area contributed by atoms with Gasteiger partial charge in [0.25, 0.3) is 0 Å². The van der Waals surface area contributed by atoms with E-state index in [2.05, 4.69) is 26.6 Å². The van der Waals surface area contributed by atoms with Gasteiger partial charge in [-0.1, -0.05) is 6.07 Å². The van der Waals surface area contributed by atoms with Gasteiger partial charge in [0.05, 0.1) is 12.2 Å². The maximum Gasteiger partial charge on any atom is 0.239 e. The highest BCUT2D eigenvalue weighted by molar-refractivity contribution is 9.10. The van der Waals surface area contributed by atoms with E-state index in [9.17, 15) is 9.18 Å². The molecule has 0 unspecified atom stereocenters. The van der Waals surface area contributed by atoms with Crippen LogP contribution in [0.2, 0.25) is 0 Å². The van der Waals surface area contributed by atoms with Crippen molar-refractivity contribution < 1.29 is 9.18 Å². The van der Waals surface area contributed by atoms with E-state index in [1.807, 2.05) is 6.92 Å². The Morgan fingerprint density at radius 3 is 2.87 bits per heavy atom. The van der Waals surface area contributed by atoms with Crippen molar-refractivity contribution in [2.45, 2.75) is 6.92 Å². The molecule has 0 aliphatic rings. The fraction of sp³-hybridized carbons (Fsp3) is 0.300. The van der Waals surface area contributed by atoms with Gasteiger partial charge in [-0.3, -0.25) is 4.79 Å². The fourth-order valence-electron chi connectivity index (χ4n) is 1.10. The zero-order chi connectivity index (χ0) is 11.3. The van der Waals surface area contributed by atoms with Crippen LogP contribution in [0.15, 0.2) is 22.7 Å². The molecule has 0 fully saturated rings. The smallest absolute Gasteiger partial charge is 0.239 e. The van der Waals surface area contributed by atoms with E-state index in [1.165, 1.54) is 6.07 Å². The van der Waals surface area contributed by atoms with Crippen molar-refractivity contribution in [3.8, 4) is 0 Å². The Labute approximate surface area is 96.2 Å². The summed E-state index contributed by atoms with van der Waals surface area (Å²) in [5, 5.41) is 5.35. The highest BCUT2D eigenvalue weighted by atomic mass is 79.9. The Morgan fingerprint density at radius 1 is 1.53 bits per heavy atom. The number of carbonyl (C=O) groups is 1. The summed E-state index contributed by atoms with van der Waals surface area (Å²) in [6.07, 6.45) is 0. The number of hydrogen-bond donors (Lipinski definition) is 2. The topological polar surface area (TPSA) is 41.1 Å². The molecule has 0 aliphatic heterocycles. The Hall–Kier alpha value is -1.10. The number of likely N-dealkylation sites (N-methyl/N-ethyl adjacent to an activating group) is 1. The molecule has 0 aliphatic carbocycles. The van der Waals surface area contributed by atoms with E-state index in [0.29, 0.717) is 16.7 Å². The summed E-state index contributed by atoms with van der Waals surface area (Å²) in [5.74, 6) is -0.540. The lowest BCUT2D eigenvalue weighted by Crippen LogP contribution is -2.29. The molecule has 1 aromatic carbocycles. The molecule has 0 saturated carbocycles. The lowest BCUT2D eigenvalue weighted by molar-refractivity contribution is -0.119. The van der Waals surface area contributed by atoms with Crippen LogP contribution in [0.25, 0.3) is 0 Å². The summed E-state index contributed by atoms with van der Waals surface area (Å²) in [6.45, 7) is 2.46. The number of para-hydroxylation sites is 1. The minimum atomic E-state index is -0.381. The van der Waals surface area contributed by atoms with Gasteiger partial charge in [-0.25, -0.2) is 4.39 Å². The molecule has 1 amide bonds. The average Bonchev–Trinajstić information content (AvgIpc) is 2.17. The Balaban J connectivity index is 2.61. The first-order chi connectivity index (χ1) is 7.15. The van der Waals surface area contributed by atoms with Gasteiger partial charge < -0.3 is 10.6 Å². The fourth-order valence-corrected chi connectivity index (χ4v) is 1.58. The van der Waals surface area contributed by atoms with Crippen LogP contribution in [0.1, 0.15) is 6.92 Å². The number of anilines is 1. The minimum absolute atomic E-state index is 0.0629. The van der Waals surface area contributed by atoms with Crippen LogP contribution in [0.3, 0.4) is 0 Å². The van der Waals surface area contributed by atoms with Crippen LogP contribution < -0.4 is 10.6 Å². The SMILES string of the molecule is CCNC(=O)CNc1c(F)cccc1Br. The molecule has 15 heavy (non-hydrogen) atoms. The molecular formula is C10H12BrFN2O. The van der Waals surface area contributed by atoms with Gasteiger partial charge in [-0.05, 0) is 35.0 Å². The van der Waals surface area contributed by atoms with Crippen molar-refractivity contribution in [3.63, 3.8) is 0 Å². The number of amides is 1. The predicted molar refractivity (Wildman–Crippen MR) is 61.3 cm³/mol. The first-order valence-corrected chi connectivity index (χ1v) is 5.39. The zero-order valence-electron chi connectivity index (χ0n) is 8.31. The summed E-state index contributed by atoms with van der Waals surface area (Å²) in [5.41, 5.74) is 0.309. The first-order valence-electron chi connectivity index (χ1n) is 4.59. The zero-order valence-corrected chi connectivity index (χ0v) is 9.90. The van der Waals surface area contributed by atoms with Gasteiger partial charge in [0.15, 0.2) is 0 Å². The van der Waals surface area contributed by atoms with Gasteiger partial charge >= 0.3 is 0 Å². The number of carbonyl (C=O) groups excluding carboxylic acids is 1. The molecule has 2 N–H and O–H groups in total. The average molecular weight is 275 g/mol. The molecule has 0 saturated heterocycles. The highest BCUT2D eigenvalue weighted by Gasteiger charge is 2.07. The van der Waals surface area contributed by atoms with E-state index in [-0.39, 0.29) is 18.3 Å². The molecule has 82 valence electrons. The molecule has 3 nitrogen and oxygen atoms in total. The Kier molecular flexibility index (Phi) is 4.55. The summed E-state index contributed by atoms with van der Waals surface area (Å²) in [6, 6.07) is 4.64. The molecule has 0 bridgehead atoms. The van der Waals surface area contributed by atoms with E-state index in [4.69, 9.17) is 0 Å². The van der Waals surface area contributed by atoms with Crippen molar-refractivity contribution in [2.24, 2.45) is 0 Å². The highest BCUT2D eigenvalue weighted by Crippen LogP contribution is 2.24. The number of hydrogen-bond acceptors (Lipinski definition) is 2. The van der Waals surface area contributed by atoms with Crippen LogP contribution in [-0.4, -0.2) is 19.0 Å². The lowest BCUT2D eigenvalue weighted by atomic mass is 10.3. The van der Waals surface area contributed by atoms with Crippen LogP contribution >= 0.6 is 15.9 Å².